The Morgan fingerprint density at radius 3 is 2.75 bits per heavy atom. The van der Waals surface area contributed by atoms with Crippen molar-refractivity contribution in [2.75, 3.05) is 13.7 Å². The number of nitrogens with one attached hydrogen (secondary N) is 1. The average molecular weight is 403 g/mol. The van der Waals surface area contributed by atoms with Gasteiger partial charge in [0.15, 0.2) is 0 Å². The van der Waals surface area contributed by atoms with Crippen LogP contribution >= 0.6 is 11.3 Å². The van der Waals surface area contributed by atoms with Crippen LogP contribution in [0.15, 0.2) is 40.8 Å². The van der Waals surface area contributed by atoms with Gasteiger partial charge < -0.3 is 10.1 Å². The van der Waals surface area contributed by atoms with Gasteiger partial charge in [0.05, 0.1) is 18.8 Å². The van der Waals surface area contributed by atoms with E-state index in [-0.39, 0.29) is 36.2 Å². The van der Waals surface area contributed by atoms with Crippen molar-refractivity contribution < 1.29 is 18.7 Å². The van der Waals surface area contributed by atoms with Gasteiger partial charge in [-0.15, -0.1) is 11.3 Å². The van der Waals surface area contributed by atoms with Crippen LogP contribution < -0.4 is 10.9 Å². The normalized spacial score (nSPS) is 10.8. The molecule has 0 spiro atoms. The molecule has 0 fully saturated rings. The summed E-state index contributed by atoms with van der Waals surface area (Å²) in [6.45, 7) is 0.121. The number of esters is 1. The fraction of sp³-hybridized carbons (Fsp3) is 0.263. The second kappa shape index (κ2) is 8.75. The fourth-order valence-electron chi connectivity index (χ4n) is 2.70. The highest BCUT2D eigenvalue weighted by atomic mass is 32.1. The zero-order valence-electron chi connectivity index (χ0n) is 15.1. The smallest absolute Gasteiger partial charge is 0.305 e. The second-order valence-corrected chi connectivity index (χ2v) is 6.90. The van der Waals surface area contributed by atoms with Gasteiger partial charge in [0, 0.05) is 23.9 Å². The summed E-state index contributed by atoms with van der Waals surface area (Å²) in [5.41, 5.74) is 1.03. The van der Waals surface area contributed by atoms with Gasteiger partial charge in [-0.3, -0.25) is 19.0 Å². The van der Waals surface area contributed by atoms with Gasteiger partial charge in [0.25, 0.3) is 5.56 Å². The maximum atomic E-state index is 13.2. The summed E-state index contributed by atoms with van der Waals surface area (Å²) < 4.78 is 18.9. The molecular formula is C19H18FN3O4S. The molecule has 28 heavy (non-hydrogen) atoms. The Morgan fingerprint density at radius 1 is 1.29 bits per heavy atom. The number of aromatic nitrogens is 2. The zero-order chi connectivity index (χ0) is 20.1. The van der Waals surface area contributed by atoms with Crippen molar-refractivity contribution >= 4 is 33.4 Å². The Kier molecular flexibility index (Phi) is 6.15. The Balaban J connectivity index is 1.76. The molecule has 1 aromatic carbocycles. The molecule has 1 amide bonds. The van der Waals surface area contributed by atoms with Gasteiger partial charge in [0.1, 0.15) is 17.2 Å². The number of carbonyl (C=O) groups is 2. The van der Waals surface area contributed by atoms with E-state index in [9.17, 15) is 18.8 Å². The molecule has 0 atom stereocenters. The average Bonchev–Trinajstić information content (AvgIpc) is 3.12. The number of amides is 1. The van der Waals surface area contributed by atoms with Crippen molar-refractivity contribution in [2.45, 2.75) is 19.4 Å². The Morgan fingerprint density at radius 2 is 2.04 bits per heavy atom. The molecule has 7 nitrogen and oxygen atoms in total. The molecular weight excluding hydrogens is 385 g/mol. The SMILES string of the molecule is COC(=O)CCCNC(=O)Cn1cnc2scc(-c3ccc(F)cc3)c2c1=O. The first kappa shape index (κ1) is 19.7. The van der Waals surface area contributed by atoms with E-state index in [4.69, 9.17) is 0 Å². The molecule has 0 bridgehead atoms. The predicted molar refractivity (Wildman–Crippen MR) is 104 cm³/mol. The summed E-state index contributed by atoms with van der Waals surface area (Å²) in [5.74, 6) is -1.06. The summed E-state index contributed by atoms with van der Waals surface area (Å²) in [6.07, 6.45) is 1.99. The number of nitrogens with zero attached hydrogens (tertiary/aromatic N) is 2. The molecule has 0 saturated heterocycles. The van der Waals surface area contributed by atoms with Crippen LogP contribution in [0, 0.1) is 5.82 Å². The number of hydrogen-bond acceptors (Lipinski definition) is 6. The molecule has 2 heterocycles. The number of benzene rings is 1. The number of fused-ring (bicyclic) bond motifs is 1. The minimum atomic E-state index is -0.359. The molecule has 0 aliphatic carbocycles. The highest BCUT2D eigenvalue weighted by Crippen LogP contribution is 2.30. The summed E-state index contributed by atoms with van der Waals surface area (Å²) >= 11 is 1.31. The number of halogens is 1. The van der Waals surface area contributed by atoms with Crippen molar-refractivity contribution in [1.82, 2.24) is 14.9 Å². The van der Waals surface area contributed by atoms with Gasteiger partial charge in [-0.2, -0.15) is 0 Å². The van der Waals surface area contributed by atoms with E-state index in [1.807, 2.05) is 0 Å². The molecule has 0 unspecified atom stereocenters. The van der Waals surface area contributed by atoms with E-state index >= 15 is 0 Å². The largest absolute Gasteiger partial charge is 0.469 e. The topological polar surface area (TPSA) is 90.3 Å². The van der Waals surface area contributed by atoms with Gasteiger partial charge >= 0.3 is 5.97 Å². The van der Waals surface area contributed by atoms with Crippen molar-refractivity contribution in [1.29, 1.82) is 0 Å². The first-order valence-electron chi connectivity index (χ1n) is 8.55. The van der Waals surface area contributed by atoms with Crippen molar-refractivity contribution in [2.24, 2.45) is 0 Å². The van der Waals surface area contributed by atoms with Crippen molar-refractivity contribution in [3.05, 3.63) is 52.1 Å². The molecule has 3 rings (SSSR count). The van der Waals surface area contributed by atoms with Gasteiger partial charge in [0.2, 0.25) is 5.91 Å². The van der Waals surface area contributed by atoms with Crippen molar-refractivity contribution in [3.8, 4) is 11.1 Å². The number of thiophene rings is 1. The number of ether oxygens (including phenoxy) is 1. The van der Waals surface area contributed by atoms with Gasteiger partial charge in [-0.25, -0.2) is 9.37 Å². The van der Waals surface area contributed by atoms with Crippen LogP contribution in [0.5, 0.6) is 0 Å². The lowest BCUT2D eigenvalue weighted by Gasteiger charge is -2.07. The molecule has 0 aliphatic rings. The van der Waals surface area contributed by atoms with Crippen LogP contribution in [0.4, 0.5) is 4.39 Å². The van der Waals surface area contributed by atoms with Crippen LogP contribution in [0.1, 0.15) is 12.8 Å². The molecule has 1 N–H and O–H groups in total. The standard InChI is InChI=1S/C19H18FN3O4S/c1-27-16(25)3-2-8-21-15(24)9-23-11-22-18-17(19(23)26)14(10-28-18)12-4-6-13(20)7-5-12/h4-7,10-11H,2-3,8-9H2,1H3,(H,21,24). The first-order chi connectivity index (χ1) is 13.5. The summed E-state index contributed by atoms with van der Waals surface area (Å²) in [7, 11) is 1.31. The fourth-order valence-corrected chi connectivity index (χ4v) is 3.60. The van der Waals surface area contributed by atoms with E-state index in [0.29, 0.717) is 34.3 Å². The number of rotatable bonds is 7. The lowest BCUT2D eigenvalue weighted by atomic mass is 10.1. The van der Waals surface area contributed by atoms with E-state index in [1.165, 1.54) is 41.5 Å². The lowest BCUT2D eigenvalue weighted by molar-refractivity contribution is -0.140. The minimum absolute atomic E-state index is 0.182. The Labute approximate surface area is 163 Å². The molecule has 0 aliphatic heterocycles. The monoisotopic (exact) mass is 403 g/mol. The lowest BCUT2D eigenvalue weighted by Crippen LogP contribution is -2.33. The molecule has 0 saturated carbocycles. The van der Waals surface area contributed by atoms with Crippen LogP contribution in [-0.2, 0) is 20.9 Å². The maximum absolute atomic E-state index is 13.2. The molecule has 146 valence electrons. The summed E-state index contributed by atoms with van der Waals surface area (Å²) in [6, 6.07) is 5.86. The van der Waals surface area contributed by atoms with Crippen LogP contribution in [0.3, 0.4) is 0 Å². The molecule has 3 aromatic rings. The Bertz CT molecular complexity index is 1060. The third-order valence-electron chi connectivity index (χ3n) is 4.14. The predicted octanol–water partition coefficient (Wildman–Crippen LogP) is 2.33. The minimum Gasteiger partial charge on any atom is -0.469 e. The highest BCUT2D eigenvalue weighted by Gasteiger charge is 2.14. The third-order valence-corrected chi connectivity index (χ3v) is 5.02. The van der Waals surface area contributed by atoms with E-state index < -0.39 is 0 Å². The van der Waals surface area contributed by atoms with E-state index in [0.717, 1.165) is 0 Å². The summed E-state index contributed by atoms with van der Waals surface area (Å²) in [5, 5.41) is 4.85. The maximum Gasteiger partial charge on any atom is 0.305 e. The van der Waals surface area contributed by atoms with Gasteiger partial charge in [-0.05, 0) is 24.1 Å². The summed E-state index contributed by atoms with van der Waals surface area (Å²) in [4.78, 5) is 40.8. The second-order valence-electron chi connectivity index (χ2n) is 6.04. The van der Waals surface area contributed by atoms with Crippen LogP contribution in [0.25, 0.3) is 21.3 Å². The van der Waals surface area contributed by atoms with Crippen molar-refractivity contribution in [3.63, 3.8) is 0 Å². The van der Waals surface area contributed by atoms with Crippen LogP contribution in [0.2, 0.25) is 0 Å². The Hall–Kier alpha value is -3.07. The quantitative estimate of drug-likeness (QED) is 0.483. The molecule has 0 radical (unpaired) electrons. The zero-order valence-corrected chi connectivity index (χ0v) is 15.9. The number of carbonyl (C=O) groups excluding carboxylic acids is 2. The number of methoxy groups -OCH3 is 1. The third kappa shape index (κ3) is 4.42. The van der Waals surface area contributed by atoms with E-state index in [1.54, 1.807) is 17.5 Å². The van der Waals surface area contributed by atoms with E-state index in [2.05, 4.69) is 15.0 Å². The first-order valence-corrected chi connectivity index (χ1v) is 9.43. The molecule has 2 aromatic heterocycles. The van der Waals surface area contributed by atoms with Gasteiger partial charge in [-0.1, -0.05) is 12.1 Å². The highest BCUT2D eigenvalue weighted by molar-refractivity contribution is 7.17. The number of hydrogen-bond donors (Lipinski definition) is 1. The van der Waals surface area contributed by atoms with Crippen LogP contribution in [-0.4, -0.2) is 35.1 Å². The molecule has 9 heteroatoms.